The van der Waals surface area contributed by atoms with Crippen LogP contribution < -0.4 is 4.74 Å². The van der Waals surface area contributed by atoms with E-state index in [2.05, 4.69) is 32.6 Å². The van der Waals surface area contributed by atoms with Crippen LogP contribution in [0.2, 0.25) is 0 Å². The van der Waals surface area contributed by atoms with Gasteiger partial charge in [-0.25, -0.2) is 0 Å². The van der Waals surface area contributed by atoms with E-state index in [0.717, 1.165) is 18.8 Å². The van der Waals surface area contributed by atoms with Crippen LogP contribution in [-0.4, -0.2) is 42.4 Å². The third kappa shape index (κ3) is 9.06. The molecule has 0 spiro atoms. The number of nitrogens with zero attached hydrogens (tertiary/aromatic N) is 1. The van der Waals surface area contributed by atoms with Crippen LogP contribution >= 0.6 is 0 Å². The van der Waals surface area contributed by atoms with Gasteiger partial charge in [-0.05, 0) is 49.9 Å². The summed E-state index contributed by atoms with van der Waals surface area (Å²) in [5.74, 6) is 2.20. The third-order valence-corrected chi connectivity index (χ3v) is 3.70. The number of rotatable bonds is 11. The monoisotopic (exact) mass is 307 g/mol. The summed E-state index contributed by atoms with van der Waals surface area (Å²) in [6.45, 7) is 12.1. The average molecular weight is 307 g/mol. The molecular formula is C19H33NO2. The first-order valence-corrected chi connectivity index (χ1v) is 8.55. The van der Waals surface area contributed by atoms with Crippen molar-refractivity contribution in [3.8, 4) is 5.75 Å². The first-order valence-electron chi connectivity index (χ1n) is 8.55. The molecule has 126 valence electrons. The number of aliphatic hydroxyl groups excluding tert-OH is 1. The lowest BCUT2D eigenvalue weighted by Gasteiger charge is -2.26. The minimum absolute atomic E-state index is 0.351. The molecule has 0 unspecified atom stereocenters. The summed E-state index contributed by atoms with van der Waals surface area (Å²) in [7, 11) is 0. The summed E-state index contributed by atoms with van der Waals surface area (Å²) in [6.07, 6.45) is 1.90. The smallest absolute Gasteiger partial charge is 0.119 e. The van der Waals surface area contributed by atoms with Gasteiger partial charge in [-0.3, -0.25) is 0 Å². The van der Waals surface area contributed by atoms with Gasteiger partial charge in [-0.2, -0.15) is 0 Å². The average Bonchev–Trinajstić information content (AvgIpc) is 2.48. The second kappa shape index (κ2) is 10.6. The second-order valence-corrected chi connectivity index (χ2v) is 6.94. The molecule has 0 saturated carbocycles. The Morgan fingerprint density at radius 2 is 1.50 bits per heavy atom. The molecule has 0 amide bonds. The van der Waals surface area contributed by atoms with E-state index in [1.165, 1.54) is 12.8 Å². The quantitative estimate of drug-likeness (QED) is 0.674. The summed E-state index contributed by atoms with van der Waals surface area (Å²) >= 11 is 0. The Hall–Kier alpha value is -1.06. The van der Waals surface area contributed by atoms with Crippen LogP contribution in [0, 0.1) is 11.8 Å². The zero-order valence-electron chi connectivity index (χ0n) is 14.7. The normalized spacial score (nSPS) is 13.1. The van der Waals surface area contributed by atoms with E-state index in [9.17, 15) is 5.11 Å². The fourth-order valence-electron chi connectivity index (χ4n) is 2.24. The van der Waals surface area contributed by atoms with Crippen molar-refractivity contribution in [3.05, 3.63) is 30.3 Å². The molecule has 1 N–H and O–H groups in total. The standard InChI is InChI=1S/C19H33NO2/c1-16(2)10-12-20(13-11-17(3)4)14-18(21)15-22-19-8-6-5-7-9-19/h5-9,16-18,21H,10-15H2,1-4H3/t18-/m0/s1. The zero-order chi connectivity index (χ0) is 16.4. The third-order valence-electron chi connectivity index (χ3n) is 3.70. The molecular weight excluding hydrogens is 274 g/mol. The number of ether oxygens (including phenoxy) is 1. The molecule has 1 atom stereocenters. The van der Waals surface area contributed by atoms with Crippen LogP contribution in [0.4, 0.5) is 0 Å². The topological polar surface area (TPSA) is 32.7 Å². The molecule has 1 aromatic rings. The molecule has 1 aromatic carbocycles. The Labute approximate surface area is 136 Å². The summed E-state index contributed by atoms with van der Waals surface area (Å²) in [6, 6.07) is 9.69. The van der Waals surface area contributed by atoms with E-state index in [0.29, 0.717) is 25.0 Å². The molecule has 3 heteroatoms. The molecule has 0 aromatic heterocycles. The Bertz CT molecular complexity index is 366. The van der Waals surface area contributed by atoms with Gasteiger partial charge in [0.2, 0.25) is 0 Å². The molecule has 0 aliphatic carbocycles. The summed E-state index contributed by atoms with van der Waals surface area (Å²) in [5.41, 5.74) is 0. The van der Waals surface area contributed by atoms with Crippen LogP contribution in [0.25, 0.3) is 0 Å². The van der Waals surface area contributed by atoms with Gasteiger partial charge in [0.1, 0.15) is 18.5 Å². The first kappa shape index (κ1) is 19.0. The van der Waals surface area contributed by atoms with Crippen molar-refractivity contribution >= 4 is 0 Å². The number of hydrogen-bond acceptors (Lipinski definition) is 3. The van der Waals surface area contributed by atoms with Crippen LogP contribution in [0.15, 0.2) is 30.3 Å². The maximum absolute atomic E-state index is 10.2. The lowest BCUT2D eigenvalue weighted by molar-refractivity contribution is 0.0650. The summed E-state index contributed by atoms with van der Waals surface area (Å²) in [5, 5.41) is 10.2. The highest BCUT2D eigenvalue weighted by atomic mass is 16.5. The molecule has 0 heterocycles. The lowest BCUT2D eigenvalue weighted by atomic mass is 10.1. The van der Waals surface area contributed by atoms with Crippen molar-refractivity contribution in [2.45, 2.75) is 46.6 Å². The largest absolute Gasteiger partial charge is 0.491 e. The molecule has 0 radical (unpaired) electrons. The molecule has 0 aliphatic heterocycles. The van der Waals surface area contributed by atoms with E-state index in [1.807, 2.05) is 30.3 Å². The van der Waals surface area contributed by atoms with Gasteiger partial charge in [0, 0.05) is 6.54 Å². The summed E-state index contributed by atoms with van der Waals surface area (Å²) in [4.78, 5) is 2.37. The van der Waals surface area contributed by atoms with Crippen LogP contribution in [0.3, 0.4) is 0 Å². The van der Waals surface area contributed by atoms with Crippen LogP contribution in [0.5, 0.6) is 5.75 Å². The molecule has 0 bridgehead atoms. The van der Waals surface area contributed by atoms with Crippen molar-refractivity contribution in [3.63, 3.8) is 0 Å². The van der Waals surface area contributed by atoms with Crippen molar-refractivity contribution in [2.24, 2.45) is 11.8 Å². The summed E-state index contributed by atoms with van der Waals surface area (Å²) < 4.78 is 5.64. The van der Waals surface area contributed by atoms with E-state index in [4.69, 9.17) is 4.74 Å². The van der Waals surface area contributed by atoms with Gasteiger partial charge in [-0.15, -0.1) is 0 Å². The fourth-order valence-corrected chi connectivity index (χ4v) is 2.24. The van der Waals surface area contributed by atoms with Crippen molar-refractivity contribution in [1.29, 1.82) is 0 Å². The molecule has 0 fully saturated rings. The van der Waals surface area contributed by atoms with Crippen LogP contribution in [0.1, 0.15) is 40.5 Å². The Morgan fingerprint density at radius 1 is 0.955 bits per heavy atom. The Morgan fingerprint density at radius 3 is 2.00 bits per heavy atom. The van der Waals surface area contributed by atoms with Crippen molar-refractivity contribution in [2.75, 3.05) is 26.2 Å². The highest BCUT2D eigenvalue weighted by molar-refractivity contribution is 5.20. The first-order chi connectivity index (χ1) is 10.5. The van der Waals surface area contributed by atoms with Gasteiger partial charge < -0.3 is 14.7 Å². The molecule has 3 nitrogen and oxygen atoms in total. The van der Waals surface area contributed by atoms with E-state index >= 15 is 0 Å². The van der Waals surface area contributed by atoms with E-state index < -0.39 is 6.10 Å². The van der Waals surface area contributed by atoms with Gasteiger partial charge in [-0.1, -0.05) is 45.9 Å². The van der Waals surface area contributed by atoms with Crippen LogP contribution in [-0.2, 0) is 0 Å². The number of aliphatic hydroxyl groups is 1. The second-order valence-electron chi connectivity index (χ2n) is 6.94. The number of hydrogen-bond donors (Lipinski definition) is 1. The molecule has 0 aliphatic rings. The predicted molar refractivity (Wildman–Crippen MR) is 93.3 cm³/mol. The molecule has 0 saturated heterocycles. The Kier molecular flexibility index (Phi) is 9.17. The molecule has 22 heavy (non-hydrogen) atoms. The highest BCUT2D eigenvalue weighted by Crippen LogP contribution is 2.10. The van der Waals surface area contributed by atoms with Gasteiger partial charge in [0.25, 0.3) is 0 Å². The maximum Gasteiger partial charge on any atom is 0.119 e. The molecule has 1 rings (SSSR count). The van der Waals surface area contributed by atoms with Crippen molar-refractivity contribution < 1.29 is 9.84 Å². The van der Waals surface area contributed by atoms with Gasteiger partial charge in [0.15, 0.2) is 0 Å². The maximum atomic E-state index is 10.2. The minimum Gasteiger partial charge on any atom is -0.491 e. The predicted octanol–water partition coefficient (Wildman–Crippen LogP) is 3.82. The number of para-hydroxylation sites is 1. The van der Waals surface area contributed by atoms with E-state index in [-0.39, 0.29) is 0 Å². The lowest BCUT2D eigenvalue weighted by Crippen LogP contribution is -2.37. The van der Waals surface area contributed by atoms with E-state index in [1.54, 1.807) is 0 Å². The Balaban J connectivity index is 2.37. The number of benzene rings is 1. The van der Waals surface area contributed by atoms with Gasteiger partial charge in [0.05, 0.1) is 0 Å². The highest BCUT2D eigenvalue weighted by Gasteiger charge is 2.13. The van der Waals surface area contributed by atoms with Gasteiger partial charge >= 0.3 is 0 Å². The minimum atomic E-state index is -0.445. The SMILES string of the molecule is CC(C)CCN(CCC(C)C)C[C@H](O)COc1ccccc1. The van der Waals surface area contributed by atoms with Crippen molar-refractivity contribution in [1.82, 2.24) is 4.90 Å². The fraction of sp³-hybridized carbons (Fsp3) is 0.684. The zero-order valence-corrected chi connectivity index (χ0v) is 14.7.